The Bertz CT molecular complexity index is 575. The quantitative estimate of drug-likeness (QED) is 0.882. The number of nitrogens with one attached hydrogen (secondary N) is 1. The highest BCUT2D eigenvalue weighted by Gasteiger charge is 2.36. The van der Waals surface area contributed by atoms with Crippen LogP contribution in [0, 0.1) is 12.8 Å². The van der Waals surface area contributed by atoms with Crippen LogP contribution in [0.4, 0.5) is 5.69 Å². The largest absolute Gasteiger partial charge is 0.342 e. The minimum absolute atomic E-state index is 0.0139. The smallest absolute Gasteiger partial charge is 0.250 e. The summed E-state index contributed by atoms with van der Waals surface area (Å²) in [6, 6.07) is 3.07. The van der Waals surface area contributed by atoms with Crippen LogP contribution in [0.5, 0.6) is 0 Å². The van der Waals surface area contributed by atoms with Crippen LogP contribution in [0.25, 0.3) is 0 Å². The average molecular weight is 360 g/mol. The summed E-state index contributed by atoms with van der Waals surface area (Å²) in [5.74, 6) is -0.235. The van der Waals surface area contributed by atoms with Gasteiger partial charge in [0, 0.05) is 9.50 Å². The van der Waals surface area contributed by atoms with Crippen LogP contribution in [0.1, 0.15) is 19.4 Å². The van der Waals surface area contributed by atoms with Crippen molar-refractivity contribution in [3.05, 3.63) is 27.2 Å². The molecule has 2 amide bonds. The van der Waals surface area contributed by atoms with Crippen molar-refractivity contribution in [3.63, 3.8) is 0 Å². The maximum atomic E-state index is 12.5. The van der Waals surface area contributed by atoms with E-state index in [-0.39, 0.29) is 24.3 Å². The van der Waals surface area contributed by atoms with Gasteiger partial charge in [-0.15, -0.1) is 0 Å². The first-order valence-corrected chi connectivity index (χ1v) is 7.54. The monoisotopic (exact) mass is 358 g/mol. The zero-order valence-electron chi connectivity index (χ0n) is 11.5. The lowest BCUT2D eigenvalue weighted by Crippen LogP contribution is -2.60. The van der Waals surface area contributed by atoms with Gasteiger partial charge in [0.05, 0.1) is 5.69 Å². The molecule has 0 aromatic heterocycles. The molecular weight excluding hydrogens is 344 g/mol. The Morgan fingerprint density at radius 3 is 2.65 bits per heavy atom. The molecule has 2 rings (SSSR count). The van der Waals surface area contributed by atoms with E-state index in [1.54, 1.807) is 6.07 Å². The second kappa shape index (κ2) is 5.74. The van der Waals surface area contributed by atoms with Crippen molar-refractivity contribution in [3.8, 4) is 0 Å². The summed E-state index contributed by atoms with van der Waals surface area (Å²) in [5, 5.41) is 3.30. The molecule has 6 heteroatoms. The number of piperazine rings is 1. The van der Waals surface area contributed by atoms with Gasteiger partial charge in [0.25, 0.3) is 0 Å². The van der Waals surface area contributed by atoms with Crippen molar-refractivity contribution in [2.24, 2.45) is 5.92 Å². The number of halogens is 2. The topological polar surface area (TPSA) is 49.4 Å². The van der Waals surface area contributed by atoms with Gasteiger partial charge >= 0.3 is 0 Å². The fourth-order valence-corrected chi connectivity index (χ4v) is 3.00. The highest BCUT2D eigenvalue weighted by atomic mass is 79.9. The molecule has 1 aliphatic rings. The summed E-state index contributed by atoms with van der Waals surface area (Å²) in [5.41, 5.74) is 1.54. The van der Waals surface area contributed by atoms with Crippen molar-refractivity contribution < 1.29 is 9.59 Å². The van der Waals surface area contributed by atoms with Crippen molar-refractivity contribution >= 4 is 45.0 Å². The van der Waals surface area contributed by atoms with Crippen molar-refractivity contribution in [1.29, 1.82) is 0 Å². The van der Waals surface area contributed by atoms with Crippen LogP contribution in [-0.2, 0) is 9.59 Å². The number of hydrogen-bond donors (Lipinski definition) is 1. The van der Waals surface area contributed by atoms with E-state index in [0.717, 1.165) is 10.0 Å². The van der Waals surface area contributed by atoms with E-state index in [4.69, 9.17) is 11.6 Å². The second-order valence-electron chi connectivity index (χ2n) is 5.27. The summed E-state index contributed by atoms with van der Waals surface area (Å²) in [4.78, 5) is 25.8. The van der Waals surface area contributed by atoms with Gasteiger partial charge in [-0.25, -0.2) is 0 Å². The highest BCUT2D eigenvalue weighted by Crippen LogP contribution is 2.33. The van der Waals surface area contributed by atoms with E-state index in [1.165, 1.54) is 4.90 Å². The Hall–Kier alpha value is -1.07. The average Bonchev–Trinajstić information content (AvgIpc) is 2.36. The Morgan fingerprint density at radius 1 is 1.40 bits per heavy atom. The summed E-state index contributed by atoms with van der Waals surface area (Å²) in [7, 11) is 0. The van der Waals surface area contributed by atoms with E-state index < -0.39 is 6.04 Å². The lowest BCUT2D eigenvalue weighted by Gasteiger charge is -2.35. The molecule has 1 fully saturated rings. The fourth-order valence-electron chi connectivity index (χ4n) is 2.17. The van der Waals surface area contributed by atoms with Crippen LogP contribution in [0.3, 0.4) is 0 Å². The van der Waals surface area contributed by atoms with Gasteiger partial charge in [-0.05, 0) is 46.5 Å². The first kappa shape index (κ1) is 15.3. The summed E-state index contributed by atoms with van der Waals surface area (Å²) >= 11 is 9.57. The Kier molecular flexibility index (Phi) is 4.39. The maximum absolute atomic E-state index is 12.5. The third kappa shape index (κ3) is 2.83. The maximum Gasteiger partial charge on any atom is 0.250 e. The van der Waals surface area contributed by atoms with Gasteiger partial charge in [0.1, 0.15) is 12.6 Å². The molecule has 0 bridgehead atoms. The first-order chi connectivity index (χ1) is 9.31. The lowest BCUT2D eigenvalue weighted by atomic mass is 10.00. The van der Waals surface area contributed by atoms with Crippen molar-refractivity contribution in [1.82, 2.24) is 5.32 Å². The van der Waals surface area contributed by atoms with Gasteiger partial charge in [-0.1, -0.05) is 25.4 Å². The van der Waals surface area contributed by atoms with E-state index in [9.17, 15) is 9.59 Å². The summed E-state index contributed by atoms with van der Waals surface area (Å²) < 4.78 is 0.755. The van der Waals surface area contributed by atoms with Crippen LogP contribution in [0.2, 0.25) is 5.02 Å². The van der Waals surface area contributed by atoms with Crippen LogP contribution >= 0.6 is 27.5 Å². The summed E-state index contributed by atoms with van der Waals surface area (Å²) in [6.45, 7) is 5.71. The van der Waals surface area contributed by atoms with Gasteiger partial charge < -0.3 is 10.2 Å². The molecule has 0 radical (unpaired) electrons. The molecule has 108 valence electrons. The molecule has 1 atom stereocenters. The molecule has 1 aromatic rings. The van der Waals surface area contributed by atoms with E-state index in [1.807, 2.05) is 26.8 Å². The summed E-state index contributed by atoms with van der Waals surface area (Å²) in [6.07, 6.45) is 0. The number of aryl methyl sites for hydroxylation is 1. The molecule has 1 aliphatic heterocycles. The van der Waals surface area contributed by atoms with Crippen molar-refractivity contribution in [2.75, 3.05) is 11.4 Å². The standard InChI is InChI=1S/C14H16BrClN2O2/c1-7(2)13-14(20)18(6-12(19)17-13)11-5-10(16)8(3)4-9(11)15/h4-5,7,13H,6H2,1-3H3,(H,17,19). The van der Waals surface area contributed by atoms with Gasteiger partial charge in [-0.2, -0.15) is 0 Å². The number of benzene rings is 1. The fraction of sp³-hybridized carbons (Fsp3) is 0.429. The lowest BCUT2D eigenvalue weighted by molar-refractivity contribution is -0.132. The highest BCUT2D eigenvalue weighted by molar-refractivity contribution is 9.10. The molecule has 1 saturated heterocycles. The third-order valence-corrected chi connectivity index (χ3v) is 4.38. The van der Waals surface area contributed by atoms with Crippen LogP contribution in [-0.4, -0.2) is 24.4 Å². The van der Waals surface area contributed by atoms with E-state index in [2.05, 4.69) is 21.2 Å². The van der Waals surface area contributed by atoms with Crippen LogP contribution < -0.4 is 10.2 Å². The molecule has 20 heavy (non-hydrogen) atoms. The molecule has 0 aliphatic carbocycles. The number of hydrogen-bond acceptors (Lipinski definition) is 2. The molecule has 1 heterocycles. The zero-order chi connectivity index (χ0) is 15.0. The molecular formula is C14H16BrClN2O2. The predicted octanol–water partition coefficient (Wildman–Crippen LogP) is 2.90. The van der Waals surface area contributed by atoms with Gasteiger partial charge in [-0.3, -0.25) is 9.59 Å². The van der Waals surface area contributed by atoms with Crippen molar-refractivity contribution in [2.45, 2.75) is 26.8 Å². The number of anilines is 1. The van der Waals surface area contributed by atoms with Gasteiger partial charge in [0.15, 0.2) is 0 Å². The first-order valence-electron chi connectivity index (χ1n) is 6.37. The molecule has 1 unspecified atom stereocenters. The SMILES string of the molecule is Cc1cc(Br)c(N2CC(=O)NC(C(C)C)C2=O)cc1Cl. The second-order valence-corrected chi connectivity index (χ2v) is 6.53. The van der Waals surface area contributed by atoms with E-state index >= 15 is 0 Å². The number of amides is 2. The number of carbonyl (C=O) groups is 2. The Balaban J connectivity index is 2.43. The third-order valence-electron chi connectivity index (χ3n) is 3.34. The minimum Gasteiger partial charge on any atom is -0.342 e. The predicted molar refractivity (Wildman–Crippen MR) is 83.0 cm³/mol. The Labute approximate surface area is 131 Å². The molecule has 0 spiro atoms. The molecule has 1 N–H and O–H groups in total. The van der Waals surface area contributed by atoms with Gasteiger partial charge in [0.2, 0.25) is 11.8 Å². The molecule has 0 saturated carbocycles. The Morgan fingerprint density at radius 2 is 2.05 bits per heavy atom. The number of carbonyl (C=O) groups excluding carboxylic acids is 2. The van der Waals surface area contributed by atoms with Crippen LogP contribution in [0.15, 0.2) is 16.6 Å². The molecule has 4 nitrogen and oxygen atoms in total. The zero-order valence-corrected chi connectivity index (χ0v) is 13.9. The van der Waals surface area contributed by atoms with E-state index in [0.29, 0.717) is 10.7 Å². The minimum atomic E-state index is -0.497. The normalized spacial score (nSPS) is 19.5. The number of nitrogens with zero attached hydrogens (tertiary/aromatic N) is 1. The number of rotatable bonds is 2. The molecule has 1 aromatic carbocycles.